The number of rotatable bonds is 2. The van der Waals surface area contributed by atoms with Crippen LogP contribution < -0.4 is 5.69 Å². The van der Waals surface area contributed by atoms with Crippen LogP contribution in [0.25, 0.3) is 15.9 Å². The van der Waals surface area contributed by atoms with Gasteiger partial charge in [-0.15, -0.1) is 11.3 Å². The Balaban J connectivity index is 2.03. The minimum Gasteiger partial charge on any atom is -0.278 e. The summed E-state index contributed by atoms with van der Waals surface area (Å²) >= 11 is 7.58. The average molecular weight is 331 g/mol. The molecule has 0 fully saturated rings. The zero-order chi connectivity index (χ0) is 15.3. The lowest BCUT2D eigenvalue weighted by atomic mass is 10.2. The lowest BCUT2D eigenvalue weighted by Crippen LogP contribution is -2.27. The maximum Gasteiger partial charge on any atom is 0.352 e. The zero-order valence-corrected chi connectivity index (χ0v) is 13.2. The van der Waals surface area contributed by atoms with Crippen molar-refractivity contribution in [2.45, 2.75) is 13.5 Å². The normalized spacial score (nSPS) is 11.5. The number of fused-ring (bicyclic) bond motifs is 3. The molecule has 0 saturated carbocycles. The van der Waals surface area contributed by atoms with Crippen LogP contribution in [0.4, 0.5) is 0 Å². The molecule has 4 rings (SSSR count). The molecule has 0 aliphatic rings. The molecule has 0 radical (unpaired) electrons. The first-order chi connectivity index (χ1) is 10.6. The van der Waals surface area contributed by atoms with Crippen molar-refractivity contribution in [2.75, 3.05) is 0 Å². The van der Waals surface area contributed by atoms with Gasteiger partial charge >= 0.3 is 5.69 Å². The zero-order valence-electron chi connectivity index (χ0n) is 11.7. The van der Waals surface area contributed by atoms with Gasteiger partial charge in [-0.1, -0.05) is 23.7 Å². The van der Waals surface area contributed by atoms with E-state index >= 15 is 0 Å². The van der Waals surface area contributed by atoms with Crippen LogP contribution in [-0.2, 0) is 6.54 Å². The van der Waals surface area contributed by atoms with Crippen LogP contribution in [-0.4, -0.2) is 19.2 Å². The topological polar surface area (TPSA) is 52.2 Å². The van der Waals surface area contributed by atoms with Gasteiger partial charge in [-0.2, -0.15) is 9.61 Å². The second kappa shape index (κ2) is 4.93. The fraction of sp³-hybridized carbons (Fsp3) is 0.133. The Hall–Kier alpha value is -2.18. The Labute approximate surface area is 134 Å². The summed E-state index contributed by atoms with van der Waals surface area (Å²) < 4.78 is 3.08. The molecule has 0 aliphatic carbocycles. The van der Waals surface area contributed by atoms with Crippen LogP contribution in [0.2, 0.25) is 5.02 Å². The minimum absolute atomic E-state index is 0.193. The standard InChI is InChI=1S/C15H11ClN4OS/c1-9-7-22-14-12(9)13-17-8-18-20(13)15(21)19(14)6-10-3-2-4-11(16)5-10/h2-5,7-8H,6H2,1H3. The molecule has 3 heterocycles. The quantitative estimate of drug-likeness (QED) is 0.567. The molecule has 1 aromatic carbocycles. The van der Waals surface area contributed by atoms with Crippen LogP contribution in [0.5, 0.6) is 0 Å². The lowest BCUT2D eigenvalue weighted by molar-refractivity contribution is 0.719. The highest BCUT2D eigenvalue weighted by atomic mass is 35.5. The van der Waals surface area contributed by atoms with Crippen molar-refractivity contribution >= 4 is 38.8 Å². The summed E-state index contributed by atoms with van der Waals surface area (Å²) in [4.78, 5) is 17.8. The molecule has 7 heteroatoms. The molecular formula is C15H11ClN4OS. The maximum absolute atomic E-state index is 12.7. The molecule has 0 N–H and O–H groups in total. The summed E-state index contributed by atoms with van der Waals surface area (Å²) in [5, 5.41) is 7.73. The van der Waals surface area contributed by atoms with Gasteiger partial charge in [-0.25, -0.2) is 9.78 Å². The van der Waals surface area contributed by atoms with Crippen LogP contribution in [0, 0.1) is 6.92 Å². The highest BCUT2D eigenvalue weighted by molar-refractivity contribution is 7.17. The Bertz CT molecular complexity index is 1060. The molecule has 0 bridgehead atoms. The molecule has 4 aromatic rings. The molecule has 0 unspecified atom stereocenters. The van der Waals surface area contributed by atoms with E-state index in [0.29, 0.717) is 17.2 Å². The van der Waals surface area contributed by atoms with Crippen molar-refractivity contribution in [1.29, 1.82) is 0 Å². The summed E-state index contributed by atoms with van der Waals surface area (Å²) in [5.74, 6) is 0. The first kappa shape index (κ1) is 13.5. The van der Waals surface area contributed by atoms with Crippen molar-refractivity contribution in [3.63, 3.8) is 0 Å². The minimum atomic E-state index is -0.193. The predicted molar refractivity (Wildman–Crippen MR) is 87.9 cm³/mol. The molecule has 0 saturated heterocycles. The summed E-state index contributed by atoms with van der Waals surface area (Å²) in [5.41, 5.74) is 2.49. The molecule has 0 aliphatic heterocycles. The molecular weight excluding hydrogens is 320 g/mol. The Morgan fingerprint density at radius 1 is 1.36 bits per heavy atom. The van der Waals surface area contributed by atoms with E-state index in [1.54, 1.807) is 15.9 Å². The maximum atomic E-state index is 12.7. The van der Waals surface area contributed by atoms with Crippen molar-refractivity contribution in [1.82, 2.24) is 19.2 Å². The number of hydrogen-bond acceptors (Lipinski definition) is 4. The molecule has 0 atom stereocenters. The summed E-state index contributed by atoms with van der Waals surface area (Å²) in [6.07, 6.45) is 1.41. The number of nitrogens with zero attached hydrogens (tertiary/aromatic N) is 4. The Morgan fingerprint density at radius 2 is 2.23 bits per heavy atom. The highest BCUT2D eigenvalue weighted by Crippen LogP contribution is 2.27. The van der Waals surface area contributed by atoms with Crippen molar-refractivity contribution < 1.29 is 0 Å². The smallest absolute Gasteiger partial charge is 0.278 e. The van der Waals surface area contributed by atoms with Crippen molar-refractivity contribution in [2.24, 2.45) is 0 Å². The summed E-state index contributed by atoms with van der Waals surface area (Å²) in [6, 6.07) is 7.52. The van der Waals surface area contributed by atoms with E-state index < -0.39 is 0 Å². The first-order valence-electron chi connectivity index (χ1n) is 6.70. The number of aromatic nitrogens is 4. The Morgan fingerprint density at radius 3 is 3.05 bits per heavy atom. The van der Waals surface area contributed by atoms with E-state index in [0.717, 1.165) is 21.3 Å². The van der Waals surface area contributed by atoms with Crippen molar-refractivity contribution in [3.8, 4) is 0 Å². The van der Waals surface area contributed by atoms with Gasteiger partial charge in [0.05, 0.1) is 11.9 Å². The third kappa shape index (κ3) is 1.95. The molecule has 0 spiro atoms. The monoisotopic (exact) mass is 330 g/mol. The second-order valence-electron chi connectivity index (χ2n) is 5.09. The number of thiophene rings is 1. The predicted octanol–water partition coefficient (Wildman–Crippen LogP) is 3.12. The van der Waals surface area contributed by atoms with Gasteiger partial charge in [0, 0.05) is 5.02 Å². The SMILES string of the molecule is Cc1csc2c1c1ncnn1c(=O)n2Cc1cccc(Cl)c1. The fourth-order valence-electron chi connectivity index (χ4n) is 2.61. The highest BCUT2D eigenvalue weighted by Gasteiger charge is 2.16. The third-order valence-electron chi connectivity index (χ3n) is 3.61. The van der Waals surface area contributed by atoms with Crippen LogP contribution in [0.1, 0.15) is 11.1 Å². The van der Waals surface area contributed by atoms with Crippen molar-refractivity contribution in [3.05, 3.63) is 62.6 Å². The third-order valence-corrected chi connectivity index (χ3v) is 4.97. The fourth-order valence-corrected chi connectivity index (χ4v) is 3.87. The van der Waals surface area contributed by atoms with Crippen LogP contribution >= 0.6 is 22.9 Å². The number of aryl methyl sites for hydroxylation is 1. The number of hydrogen-bond donors (Lipinski definition) is 0. The largest absolute Gasteiger partial charge is 0.352 e. The Kier molecular flexibility index (Phi) is 3.02. The molecule has 110 valence electrons. The second-order valence-corrected chi connectivity index (χ2v) is 6.39. The molecule has 22 heavy (non-hydrogen) atoms. The van der Waals surface area contributed by atoms with E-state index in [1.165, 1.54) is 10.8 Å². The summed E-state index contributed by atoms with van der Waals surface area (Å²) in [7, 11) is 0. The molecule has 3 aromatic heterocycles. The first-order valence-corrected chi connectivity index (χ1v) is 7.95. The van der Waals surface area contributed by atoms with Crippen LogP contribution in [0.15, 0.2) is 40.8 Å². The van der Waals surface area contributed by atoms with E-state index in [1.807, 2.05) is 36.6 Å². The van der Waals surface area contributed by atoms with E-state index in [4.69, 9.17) is 11.6 Å². The van der Waals surface area contributed by atoms with Gasteiger partial charge in [0.15, 0.2) is 5.65 Å². The van der Waals surface area contributed by atoms with E-state index in [-0.39, 0.29) is 5.69 Å². The van der Waals surface area contributed by atoms with Gasteiger partial charge in [0.1, 0.15) is 11.2 Å². The van der Waals surface area contributed by atoms with Gasteiger partial charge in [-0.05, 0) is 35.6 Å². The van der Waals surface area contributed by atoms with Gasteiger partial charge in [0.25, 0.3) is 0 Å². The van der Waals surface area contributed by atoms with Gasteiger partial charge < -0.3 is 0 Å². The van der Waals surface area contributed by atoms with Crippen LogP contribution in [0.3, 0.4) is 0 Å². The lowest BCUT2D eigenvalue weighted by Gasteiger charge is -2.09. The van der Waals surface area contributed by atoms with E-state index in [9.17, 15) is 4.79 Å². The number of halogens is 1. The summed E-state index contributed by atoms with van der Waals surface area (Å²) in [6.45, 7) is 2.47. The molecule has 5 nitrogen and oxygen atoms in total. The van der Waals surface area contributed by atoms with Gasteiger partial charge in [0.2, 0.25) is 0 Å². The number of benzene rings is 1. The van der Waals surface area contributed by atoms with Gasteiger partial charge in [-0.3, -0.25) is 4.57 Å². The average Bonchev–Trinajstić information content (AvgIpc) is 3.10. The molecule has 0 amide bonds. The van der Waals surface area contributed by atoms with E-state index in [2.05, 4.69) is 10.1 Å².